The van der Waals surface area contributed by atoms with Gasteiger partial charge in [-0.05, 0) is 43.3 Å². The van der Waals surface area contributed by atoms with Crippen LogP contribution < -0.4 is 5.32 Å². The van der Waals surface area contributed by atoms with E-state index in [1.54, 1.807) is 6.92 Å². The topological polar surface area (TPSA) is 99.5 Å². The number of amides is 1. The maximum absolute atomic E-state index is 13.5. The van der Waals surface area contributed by atoms with Crippen molar-refractivity contribution < 1.29 is 24.2 Å². The Kier molecular flexibility index (Phi) is 4.06. The fourth-order valence-electron chi connectivity index (χ4n) is 2.51. The average molecular weight is 340 g/mol. The van der Waals surface area contributed by atoms with Crippen LogP contribution in [0.3, 0.4) is 0 Å². The number of carboxylic acids is 1. The van der Waals surface area contributed by atoms with E-state index in [0.717, 1.165) is 6.07 Å². The molecule has 0 radical (unpaired) electrons. The van der Waals surface area contributed by atoms with E-state index in [2.05, 4.69) is 10.3 Å². The molecule has 0 atom stereocenters. The van der Waals surface area contributed by atoms with Gasteiger partial charge in [-0.2, -0.15) is 0 Å². The van der Waals surface area contributed by atoms with Crippen molar-refractivity contribution in [2.45, 2.75) is 6.92 Å². The van der Waals surface area contributed by atoms with Crippen LogP contribution >= 0.6 is 0 Å². The van der Waals surface area contributed by atoms with Crippen LogP contribution in [0.1, 0.15) is 26.4 Å². The highest BCUT2D eigenvalue weighted by atomic mass is 19.1. The molecular weight excluding hydrogens is 327 g/mol. The second kappa shape index (κ2) is 6.20. The Bertz CT molecular complexity index is 1020. The molecule has 0 bridgehead atoms. The van der Waals surface area contributed by atoms with Gasteiger partial charge in [0.25, 0.3) is 5.91 Å². The fourth-order valence-corrected chi connectivity index (χ4v) is 2.51. The molecule has 0 saturated heterocycles. The first kappa shape index (κ1) is 16.4. The molecule has 126 valence electrons. The zero-order chi connectivity index (χ0) is 18.1. The van der Waals surface area contributed by atoms with Gasteiger partial charge in [0.2, 0.25) is 0 Å². The van der Waals surface area contributed by atoms with Crippen LogP contribution in [0.4, 0.5) is 10.1 Å². The van der Waals surface area contributed by atoms with Crippen molar-refractivity contribution in [1.82, 2.24) is 4.98 Å². The molecule has 0 aliphatic carbocycles. The predicted molar refractivity (Wildman–Crippen MR) is 89.5 cm³/mol. The second-order valence-electron chi connectivity index (χ2n) is 5.46. The lowest BCUT2D eigenvalue weighted by Crippen LogP contribution is -2.13. The molecule has 3 aromatic rings. The summed E-state index contributed by atoms with van der Waals surface area (Å²) in [7, 11) is 0. The van der Waals surface area contributed by atoms with Gasteiger partial charge in [-0.25, -0.2) is 9.18 Å². The van der Waals surface area contributed by atoms with Crippen LogP contribution in [0.5, 0.6) is 5.75 Å². The summed E-state index contributed by atoms with van der Waals surface area (Å²) in [5.74, 6) is -2.76. The smallest absolute Gasteiger partial charge is 0.339 e. The zero-order valence-corrected chi connectivity index (χ0v) is 13.1. The number of carboxylic acid groups (broad SMARTS) is 1. The highest BCUT2D eigenvalue weighted by Gasteiger charge is 2.15. The summed E-state index contributed by atoms with van der Waals surface area (Å²) in [6.45, 7) is 1.72. The van der Waals surface area contributed by atoms with Gasteiger partial charge in [0.15, 0.2) is 0 Å². The number of aromatic nitrogens is 1. The number of aryl methyl sites for hydroxylation is 1. The summed E-state index contributed by atoms with van der Waals surface area (Å²) in [6.07, 6.45) is 0. The fraction of sp³-hybridized carbons (Fsp3) is 0.0556. The van der Waals surface area contributed by atoms with E-state index in [0.29, 0.717) is 16.6 Å². The number of nitrogens with zero attached hydrogens (tertiary/aromatic N) is 1. The Morgan fingerprint density at radius 3 is 2.52 bits per heavy atom. The molecular formula is C18H13FN2O4. The molecule has 6 nitrogen and oxygen atoms in total. The minimum atomic E-state index is -1.28. The maximum Gasteiger partial charge on any atom is 0.339 e. The number of fused-ring (bicyclic) bond motifs is 1. The normalized spacial score (nSPS) is 10.6. The predicted octanol–water partition coefficient (Wildman–Crippen LogP) is 3.34. The zero-order valence-electron chi connectivity index (χ0n) is 13.1. The number of benzene rings is 2. The number of rotatable bonds is 3. The first-order valence-electron chi connectivity index (χ1n) is 7.30. The summed E-state index contributed by atoms with van der Waals surface area (Å²) in [6, 6.07) is 9.18. The molecule has 7 heteroatoms. The summed E-state index contributed by atoms with van der Waals surface area (Å²) in [5.41, 5.74) is 1.24. The molecule has 0 spiro atoms. The number of hydrogen-bond donors (Lipinski definition) is 3. The third kappa shape index (κ3) is 3.25. The number of carbonyl (C=O) groups excluding carboxylic acids is 1. The number of phenols is 1. The monoisotopic (exact) mass is 340 g/mol. The molecule has 25 heavy (non-hydrogen) atoms. The maximum atomic E-state index is 13.5. The van der Waals surface area contributed by atoms with Crippen LogP contribution in [-0.4, -0.2) is 27.1 Å². The number of aromatic carboxylic acids is 1. The Morgan fingerprint density at radius 1 is 1.08 bits per heavy atom. The van der Waals surface area contributed by atoms with Crippen LogP contribution in [0, 0.1) is 12.7 Å². The average Bonchev–Trinajstić information content (AvgIpc) is 2.54. The van der Waals surface area contributed by atoms with E-state index in [9.17, 15) is 19.1 Å². The largest absolute Gasteiger partial charge is 0.507 e. The second-order valence-corrected chi connectivity index (χ2v) is 5.46. The van der Waals surface area contributed by atoms with Gasteiger partial charge in [0, 0.05) is 22.8 Å². The Hall–Kier alpha value is -3.48. The first-order chi connectivity index (χ1) is 11.8. The Labute approximate surface area is 141 Å². The lowest BCUT2D eigenvalue weighted by Gasteiger charge is -2.10. The minimum absolute atomic E-state index is 0.214. The SMILES string of the molecule is Cc1cc(C(=O)Nc2ccc(C(=O)O)c(O)c2)c2cc(F)ccc2n1. The molecule has 3 N–H and O–H groups in total. The van der Waals surface area contributed by atoms with Gasteiger partial charge in [-0.3, -0.25) is 9.78 Å². The van der Waals surface area contributed by atoms with E-state index in [1.165, 1.54) is 36.4 Å². The molecule has 0 fully saturated rings. The van der Waals surface area contributed by atoms with Crippen molar-refractivity contribution in [1.29, 1.82) is 0 Å². The van der Waals surface area contributed by atoms with E-state index in [4.69, 9.17) is 5.11 Å². The summed E-state index contributed by atoms with van der Waals surface area (Å²) >= 11 is 0. The van der Waals surface area contributed by atoms with Crippen LogP contribution in [0.2, 0.25) is 0 Å². The molecule has 1 amide bonds. The van der Waals surface area contributed by atoms with Crippen molar-refractivity contribution in [2.24, 2.45) is 0 Å². The van der Waals surface area contributed by atoms with Crippen LogP contribution in [0.15, 0.2) is 42.5 Å². The number of nitrogens with one attached hydrogen (secondary N) is 1. The Balaban J connectivity index is 1.99. The van der Waals surface area contributed by atoms with Gasteiger partial charge in [-0.1, -0.05) is 0 Å². The van der Waals surface area contributed by atoms with Crippen LogP contribution in [-0.2, 0) is 0 Å². The van der Waals surface area contributed by atoms with Crippen LogP contribution in [0.25, 0.3) is 10.9 Å². The van der Waals surface area contributed by atoms with Gasteiger partial charge in [0.1, 0.15) is 17.1 Å². The molecule has 0 aliphatic rings. The third-order valence-corrected chi connectivity index (χ3v) is 3.63. The third-order valence-electron chi connectivity index (χ3n) is 3.63. The number of pyridine rings is 1. The summed E-state index contributed by atoms with van der Waals surface area (Å²) in [4.78, 5) is 27.7. The quantitative estimate of drug-likeness (QED) is 0.679. The van der Waals surface area contributed by atoms with Crippen molar-refractivity contribution in [3.05, 3.63) is 65.1 Å². The van der Waals surface area contributed by atoms with Crippen molar-refractivity contribution in [2.75, 3.05) is 5.32 Å². The number of halogens is 1. The van der Waals surface area contributed by atoms with Crippen molar-refractivity contribution in [3.8, 4) is 5.75 Å². The van der Waals surface area contributed by atoms with Gasteiger partial charge >= 0.3 is 5.97 Å². The number of carbonyl (C=O) groups is 2. The highest BCUT2D eigenvalue weighted by molar-refractivity contribution is 6.12. The van der Waals surface area contributed by atoms with Gasteiger partial charge < -0.3 is 15.5 Å². The van der Waals surface area contributed by atoms with Gasteiger partial charge in [-0.15, -0.1) is 0 Å². The lowest BCUT2D eigenvalue weighted by atomic mass is 10.1. The summed E-state index contributed by atoms with van der Waals surface area (Å²) < 4.78 is 13.5. The highest BCUT2D eigenvalue weighted by Crippen LogP contribution is 2.24. The summed E-state index contributed by atoms with van der Waals surface area (Å²) in [5, 5.41) is 21.5. The molecule has 0 unspecified atom stereocenters. The molecule has 1 aromatic heterocycles. The van der Waals surface area contributed by atoms with E-state index in [-0.39, 0.29) is 16.8 Å². The van der Waals surface area contributed by atoms with Crippen molar-refractivity contribution >= 4 is 28.5 Å². The Morgan fingerprint density at radius 2 is 1.84 bits per heavy atom. The molecule has 3 rings (SSSR count). The van der Waals surface area contributed by atoms with E-state index < -0.39 is 23.4 Å². The minimum Gasteiger partial charge on any atom is -0.507 e. The standard InChI is InChI=1S/C18H13FN2O4/c1-9-6-14(13-7-10(19)2-5-15(13)20-9)17(23)21-11-3-4-12(18(24)25)16(22)8-11/h2-8,22H,1H3,(H,21,23)(H,24,25). The molecule has 2 aromatic carbocycles. The van der Waals surface area contributed by atoms with E-state index >= 15 is 0 Å². The van der Waals surface area contributed by atoms with Crippen molar-refractivity contribution in [3.63, 3.8) is 0 Å². The number of aromatic hydroxyl groups is 1. The lowest BCUT2D eigenvalue weighted by molar-refractivity contribution is 0.0693. The van der Waals surface area contributed by atoms with E-state index in [1.807, 2.05) is 0 Å². The number of hydrogen-bond acceptors (Lipinski definition) is 4. The molecule has 0 saturated carbocycles. The number of anilines is 1. The van der Waals surface area contributed by atoms with Gasteiger partial charge in [0.05, 0.1) is 11.1 Å². The molecule has 1 heterocycles. The first-order valence-corrected chi connectivity index (χ1v) is 7.30. The molecule has 0 aliphatic heterocycles.